The summed E-state index contributed by atoms with van der Waals surface area (Å²) in [5.74, 6) is 0.267. The summed E-state index contributed by atoms with van der Waals surface area (Å²) >= 11 is 6.21. The van der Waals surface area contributed by atoms with Crippen molar-refractivity contribution in [3.63, 3.8) is 0 Å². The first-order valence-electron chi connectivity index (χ1n) is 12.7. The van der Waals surface area contributed by atoms with Crippen molar-refractivity contribution >= 4 is 38.6 Å². The molecule has 2 aromatic carbocycles. The number of carbonyl (C=O) groups is 1. The molecule has 5 rings (SSSR count). The van der Waals surface area contributed by atoms with Crippen molar-refractivity contribution in [1.29, 1.82) is 0 Å². The van der Waals surface area contributed by atoms with Gasteiger partial charge in [-0.15, -0.1) is 0 Å². The second-order valence-corrected chi connectivity index (χ2v) is 12.1. The Kier molecular flexibility index (Phi) is 7.54. The Morgan fingerprint density at radius 2 is 1.63 bits per heavy atom. The third-order valence-corrected chi connectivity index (χ3v) is 9.55. The number of methoxy groups -OCH3 is 1. The van der Waals surface area contributed by atoms with Crippen molar-refractivity contribution in [2.24, 2.45) is 0 Å². The zero-order valence-corrected chi connectivity index (χ0v) is 23.1. The number of ether oxygens (including phenoxy) is 1. The van der Waals surface area contributed by atoms with Crippen LogP contribution in [-0.4, -0.2) is 97.0 Å². The van der Waals surface area contributed by atoms with E-state index in [0.717, 1.165) is 43.0 Å². The molecule has 2 saturated heterocycles. The van der Waals surface area contributed by atoms with Gasteiger partial charge in [0.15, 0.2) is 0 Å². The molecule has 12 heteroatoms. The first-order chi connectivity index (χ1) is 18.2. The molecule has 0 unspecified atom stereocenters. The third kappa shape index (κ3) is 5.07. The van der Waals surface area contributed by atoms with Gasteiger partial charge >= 0.3 is 5.69 Å². The Labute approximate surface area is 227 Å². The van der Waals surface area contributed by atoms with Crippen LogP contribution in [0.25, 0.3) is 11.0 Å². The topological polar surface area (TPSA) is 97.1 Å². The van der Waals surface area contributed by atoms with Gasteiger partial charge in [0, 0.05) is 37.2 Å². The molecular formula is C26H32ClN5O5S. The number of likely N-dealkylation sites (tertiary alicyclic amines) is 1. The van der Waals surface area contributed by atoms with Crippen LogP contribution in [0.4, 0.5) is 0 Å². The quantitative estimate of drug-likeness (QED) is 0.454. The second-order valence-electron chi connectivity index (χ2n) is 9.90. The number of hydrogen-bond donors (Lipinski definition) is 0. The average molecular weight is 562 g/mol. The number of piperazine rings is 1. The minimum absolute atomic E-state index is 0.0641. The van der Waals surface area contributed by atoms with Crippen molar-refractivity contribution in [2.75, 3.05) is 53.4 Å². The summed E-state index contributed by atoms with van der Waals surface area (Å²) in [4.78, 5) is 33.3. The van der Waals surface area contributed by atoms with E-state index in [1.165, 1.54) is 54.1 Å². The number of aromatic nitrogens is 2. The van der Waals surface area contributed by atoms with Crippen LogP contribution in [-0.2, 0) is 21.4 Å². The predicted octanol–water partition coefficient (Wildman–Crippen LogP) is 1.94. The Balaban J connectivity index is 1.40. The molecule has 0 N–H and O–H groups in total. The van der Waals surface area contributed by atoms with Crippen LogP contribution in [0.15, 0.2) is 52.2 Å². The van der Waals surface area contributed by atoms with Gasteiger partial charge in [-0.25, -0.2) is 13.2 Å². The molecule has 2 aliphatic heterocycles. The summed E-state index contributed by atoms with van der Waals surface area (Å²) in [7, 11) is -0.625. The highest BCUT2D eigenvalue weighted by atomic mass is 35.5. The smallest absolute Gasteiger partial charge is 0.343 e. The molecular weight excluding hydrogens is 530 g/mol. The fourth-order valence-corrected chi connectivity index (χ4v) is 6.94. The number of piperidine rings is 1. The zero-order valence-electron chi connectivity index (χ0n) is 21.5. The standard InChI is InChI=1S/C26H32ClN5O5S/c1-28-11-9-20(10-12-28)29-13-15-30(16-14-29)25(33)18-31-24-17-19(27)3-8-23(24)32(26(31)34)38(35,36)22-6-4-21(37-2)5-7-22/h3-8,17,20H,9-16,18H2,1-2H3. The minimum Gasteiger partial charge on any atom is -0.497 e. The Morgan fingerprint density at radius 1 is 0.974 bits per heavy atom. The highest BCUT2D eigenvalue weighted by molar-refractivity contribution is 7.90. The van der Waals surface area contributed by atoms with Gasteiger partial charge in [0.05, 0.1) is 23.0 Å². The average Bonchev–Trinajstić information content (AvgIpc) is 3.20. The van der Waals surface area contributed by atoms with Crippen molar-refractivity contribution in [2.45, 2.75) is 30.3 Å². The number of rotatable bonds is 6. The molecule has 10 nitrogen and oxygen atoms in total. The van der Waals surface area contributed by atoms with Gasteiger partial charge in [0.2, 0.25) is 5.91 Å². The van der Waals surface area contributed by atoms with Gasteiger partial charge in [-0.05, 0) is 75.4 Å². The van der Waals surface area contributed by atoms with Gasteiger partial charge in [-0.1, -0.05) is 11.6 Å². The first-order valence-corrected chi connectivity index (χ1v) is 14.5. The molecule has 3 heterocycles. The molecule has 0 aliphatic carbocycles. The Morgan fingerprint density at radius 3 is 2.26 bits per heavy atom. The molecule has 204 valence electrons. The molecule has 0 radical (unpaired) electrons. The number of nitrogens with zero attached hydrogens (tertiary/aromatic N) is 5. The van der Waals surface area contributed by atoms with Gasteiger partial charge in [-0.2, -0.15) is 3.97 Å². The summed E-state index contributed by atoms with van der Waals surface area (Å²) in [5.41, 5.74) is -0.357. The molecule has 0 bridgehead atoms. The fourth-order valence-electron chi connectivity index (χ4n) is 5.37. The summed E-state index contributed by atoms with van der Waals surface area (Å²) in [6.07, 6.45) is 2.26. The number of amides is 1. The van der Waals surface area contributed by atoms with Crippen molar-refractivity contribution in [3.05, 3.63) is 58.0 Å². The number of imidazole rings is 1. The number of halogens is 1. The molecule has 1 aromatic heterocycles. The maximum Gasteiger partial charge on any atom is 0.343 e. The van der Waals surface area contributed by atoms with Crippen LogP contribution < -0.4 is 10.4 Å². The predicted molar refractivity (Wildman–Crippen MR) is 145 cm³/mol. The normalized spacial score (nSPS) is 18.2. The van der Waals surface area contributed by atoms with Crippen LogP contribution in [0.3, 0.4) is 0 Å². The van der Waals surface area contributed by atoms with E-state index in [4.69, 9.17) is 16.3 Å². The maximum absolute atomic E-state index is 13.5. The zero-order chi connectivity index (χ0) is 27.0. The lowest BCUT2D eigenvalue weighted by atomic mass is 10.0. The monoisotopic (exact) mass is 561 g/mol. The van der Waals surface area contributed by atoms with Crippen LogP contribution in [0, 0.1) is 0 Å². The minimum atomic E-state index is -4.25. The van der Waals surface area contributed by atoms with Gasteiger partial charge in [-0.3, -0.25) is 14.3 Å². The second kappa shape index (κ2) is 10.7. The third-order valence-electron chi connectivity index (χ3n) is 7.61. The Hall–Kier alpha value is -2.86. The van der Waals surface area contributed by atoms with Crippen LogP contribution in [0.1, 0.15) is 12.8 Å². The van der Waals surface area contributed by atoms with Crippen LogP contribution >= 0.6 is 11.6 Å². The highest BCUT2D eigenvalue weighted by Crippen LogP contribution is 2.24. The number of hydrogen-bond acceptors (Lipinski definition) is 7. The largest absolute Gasteiger partial charge is 0.497 e. The molecule has 2 aliphatic rings. The molecule has 2 fully saturated rings. The summed E-state index contributed by atoms with van der Waals surface area (Å²) in [6, 6.07) is 10.9. The van der Waals surface area contributed by atoms with E-state index in [0.29, 0.717) is 29.9 Å². The summed E-state index contributed by atoms with van der Waals surface area (Å²) < 4.78 is 34.1. The first kappa shape index (κ1) is 26.7. The lowest BCUT2D eigenvalue weighted by molar-refractivity contribution is -0.134. The molecule has 1 amide bonds. The van der Waals surface area contributed by atoms with E-state index in [9.17, 15) is 18.0 Å². The van der Waals surface area contributed by atoms with E-state index >= 15 is 0 Å². The van der Waals surface area contributed by atoms with Crippen molar-refractivity contribution < 1.29 is 17.9 Å². The van der Waals surface area contributed by atoms with E-state index in [1.807, 2.05) is 0 Å². The number of fused-ring (bicyclic) bond motifs is 1. The van der Waals surface area contributed by atoms with Gasteiger partial charge < -0.3 is 14.5 Å². The van der Waals surface area contributed by atoms with E-state index in [1.54, 1.807) is 4.90 Å². The number of carbonyl (C=O) groups excluding carboxylic acids is 1. The van der Waals surface area contributed by atoms with Crippen molar-refractivity contribution in [3.8, 4) is 5.75 Å². The SMILES string of the molecule is COc1ccc(S(=O)(=O)n2c(=O)n(CC(=O)N3CCN(C4CCN(C)CC4)CC3)c3cc(Cl)ccc32)cc1. The van der Waals surface area contributed by atoms with Crippen molar-refractivity contribution in [1.82, 2.24) is 23.2 Å². The summed E-state index contributed by atoms with van der Waals surface area (Å²) in [6.45, 7) is 4.61. The van der Waals surface area contributed by atoms with Crippen LogP contribution in [0.5, 0.6) is 5.75 Å². The lowest BCUT2D eigenvalue weighted by Crippen LogP contribution is -2.54. The molecule has 0 saturated carbocycles. The van der Waals surface area contributed by atoms with Gasteiger partial charge in [0.1, 0.15) is 12.3 Å². The van der Waals surface area contributed by atoms with E-state index < -0.39 is 15.7 Å². The molecule has 0 spiro atoms. The number of benzene rings is 2. The van der Waals surface area contributed by atoms with Crippen LogP contribution in [0.2, 0.25) is 5.02 Å². The molecule has 38 heavy (non-hydrogen) atoms. The van der Waals surface area contributed by atoms with E-state index in [-0.39, 0.29) is 28.4 Å². The lowest BCUT2D eigenvalue weighted by Gasteiger charge is -2.42. The maximum atomic E-state index is 13.5. The van der Waals surface area contributed by atoms with E-state index in [2.05, 4.69) is 16.8 Å². The molecule has 3 aromatic rings. The fraction of sp³-hybridized carbons (Fsp3) is 0.462. The van der Waals surface area contributed by atoms with Gasteiger partial charge in [0.25, 0.3) is 10.0 Å². The summed E-state index contributed by atoms with van der Waals surface area (Å²) in [5, 5.41) is 0.337. The highest BCUT2D eigenvalue weighted by Gasteiger charge is 2.30. The Bertz CT molecular complexity index is 1480. The molecule has 0 atom stereocenters.